The van der Waals surface area contributed by atoms with Crippen molar-refractivity contribution in [1.82, 2.24) is 4.90 Å². The van der Waals surface area contributed by atoms with E-state index in [2.05, 4.69) is 0 Å². The number of likely N-dealkylation sites (tertiary alicyclic amines) is 1. The fourth-order valence-electron chi connectivity index (χ4n) is 5.05. The van der Waals surface area contributed by atoms with E-state index >= 15 is 0 Å². The number of carboxylic acid groups (broad SMARTS) is 1. The van der Waals surface area contributed by atoms with Gasteiger partial charge in [0.15, 0.2) is 5.54 Å². The number of rotatable bonds is 6. The number of aliphatic carboxylic acids is 1. The van der Waals surface area contributed by atoms with Gasteiger partial charge >= 0.3 is 5.97 Å². The van der Waals surface area contributed by atoms with Gasteiger partial charge in [0, 0.05) is 19.2 Å². The van der Waals surface area contributed by atoms with Crippen LogP contribution in [0.4, 0.5) is 11.4 Å². The number of imide groups is 1. The molecule has 3 amide bonds. The van der Waals surface area contributed by atoms with Gasteiger partial charge in [0.05, 0.1) is 28.5 Å². The first-order valence-electron chi connectivity index (χ1n) is 10.4. The number of hydrogen-bond acceptors (Lipinski definition) is 7. The van der Waals surface area contributed by atoms with Gasteiger partial charge in [-0.25, -0.2) is 9.69 Å². The minimum absolute atomic E-state index is 0.176. The van der Waals surface area contributed by atoms with Crippen LogP contribution in [0.25, 0.3) is 0 Å². The van der Waals surface area contributed by atoms with Crippen molar-refractivity contribution in [1.29, 1.82) is 0 Å². The summed E-state index contributed by atoms with van der Waals surface area (Å²) in [6.45, 7) is 0.718. The number of ether oxygens (including phenoxy) is 1. The highest BCUT2D eigenvalue weighted by molar-refractivity contribution is 6.24. The molecule has 0 spiro atoms. The molecular formula is C23H21N3O8. The number of carbonyl (C=O) groups excluding carboxylic acids is 3. The Morgan fingerprint density at radius 2 is 1.79 bits per heavy atom. The number of amides is 3. The molecule has 2 fully saturated rings. The number of hydrogen-bond donors (Lipinski definition) is 1. The molecule has 2 saturated heterocycles. The molecule has 4 unspecified atom stereocenters. The van der Waals surface area contributed by atoms with E-state index in [0.717, 1.165) is 9.80 Å². The third kappa shape index (κ3) is 3.24. The van der Waals surface area contributed by atoms with Gasteiger partial charge in [-0.3, -0.25) is 24.5 Å². The number of nitro groups is 1. The first-order valence-corrected chi connectivity index (χ1v) is 10.4. The summed E-state index contributed by atoms with van der Waals surface area (Å²) in [6, 6.07) is 12.1. The third-order valence-corrected chi connectivity index (χ3v) is 6.48. The first kappa shape index (κ1) is 23.1. The molecular weight excluding hydrogens is 446 g/mol. The van der Waals surface area contributed by atoms with Crippen molar-refractivity contribution >= 4 is 35.1 Å². The summed E-state index contributed by atoms with van der Waals surface area (Å²) in [5.41, 5.74) is -1.96. The summed E-state index contributed by atoms with van der Waals surface area (Å²) in [5, 5.41) is 21.6. The normalized spacial score (nSPS) is 26.0. The van der Waals surface area contributed by atoms with Gasteiger partial charge in [-0.05, 0) is 24.6 Å². The third-order valence-electron chi connectivity index (χ3n) is 6.48. The van der Waals surface area contributed by atoms with E-state index in [1.165, 1.54) is 38.3 Å². The minimum Gasteiger partial charge on any atom is -0.479 e. The Kier molecular flexibility index (Phi) is 5.65. The second-order valence-corrected chi connectivity index (χ2v) is 8.30. The van der Waals surface area contributed by atoms with E-state index < -0.39 is 58.6 Å². The number of benzene rings is 2. The molecule has 0 radical (unpaired) electrons. The van der Waals surface area contributed by atoms with Crippen LogP contribution in [0, 0.1) is 22.0 Å². The lowest BCUT2D eigenvalue weighted by atomic mass is 9.80. The predicted molar refractivity (Wildman–Crippen MR) is 117 cm³/mol. The van der Waals surface area contributed by atoms with E-state index in [-0.39, 0.29) is 16.9 Å². The van der Waals surface area contributed by atoms with Crippen LogP contribution in [-0.2, 0) is 23.9 Å². The summed E-state index contributed by atoms with van der Waals surface area (Å²) >= 11 is 0. The number of nitrogens with zero attached hydrogens (tertiary/aromatic N) is 3. The summed E-state index contributed by atoms with van der Waals surface area (Å²) in [4.78, 5) is 65.6. The van der Waals surface area contributed by atoms with Gasteiger partial charge in [0.25, 0.3) is 5.69 Å². The number of methoxy groups -OCH3 is 1. The summed E-state index contributed by atoms with van der Waals surface area (Å²) < 4.78 is 4.93. The predicted octanol–water partition coefficient (Wildman–Crippen LogP) is 1.77. The monoisotopic (exact) mass is 467 g/mol. The molecule has 2 aromatic carbocycles. The molecule has 11 nitrogen and oxygen atoms in total. The van der Waals surface area contributed by atoms with Crippen LogP contribution < -0.4 is 4.90 Å². The maximum Gasteiger partial charge on any atom is 0.330 e. The molecule has 11 heteroatoms. The van der Waals surface area contributed by atoms with Crippen molar-refractivity contribution in [3.63, 3.8) is 0 Å². The van der Waals surface area contributed by atoms with Gasteiger partial charge in [0.2, 0.25) is 17.7 Å². The zero-order valence-electron chi connectivity index (χ0n) is 18.3. The molecule has 0 aromatic heterocycles. The van der Waals surface area contributed by atoms with Crippen LogP contribution in [0.5, 0.6) is 0 Å². The van der Waals surface area contributed by atoms with Crippen molar-refractivity contribution in [3.05, 3.63) is 70.3 Å². The van der Waals surface area contributed by atoms with Crippen molar-refractivity contribution in [2.24, 2.45) is 11.8 Å². The number of fused-ring (bicyclic) bond motifs is 1. The quantitative estimate of drug-likeness (QED) is 0.384. The fourth-order valence-corrected chi connectivity index (χ4v) is 5.05. The van der Waals surface area contributed by atoms with E-state index in [0.29, 0.717) is 0 Å². The Bertz CT molecular complexity index is 1200. The SMILES string of the molecule is COCC(=O)N1C(c2cccc([N+](=O)[O-])c2)C2C(=O)N(c3ccccc3)C(=O)C2C1(C)C(=O)O. The van der Waals surface area contributed by atoms with Crippen LogP contribution in [0.3, 0.4) is 0 Å². The molecule has 2 aliphatic rings. The highest BCUT2D eigenvalue weighted by atomic mass is 16.6. The van der Waals surface area contributed by atoms with Gasteiger partial charge in [-0.2, -0.15) is 0 Å². The lowest BCUT2D eigenvalue weighted by Gasteiger charge is -2.38. The highest BCUT2D eigenvalue weighted by Crippen LogP contribution is 2.55. The molecule has 176 valence electrons. The molecule has 34 heavy (non-hydrogen) atoms. The van der Waals surface area contributed by atoms with E-state index in [4.69, 9.17) is 4.74 Å². The first-order chi connectivity index (χ1) is 16.1. The second kappa shape index (κ2) is 8.34. The van der Waals surface area contributed by atoms with E-state index in [1.807, 2.05) is 0 Å². The molecule has 2 heterocycles. The minimum atomic E-state index is -2.11. The van der Waals surface area contributed by atoms with Crippen LogP contribution in [0.2, 0.25) is 0 Å². The fraction of sp³-hybridized carbons (Fsp3) is 0.304. The van der Waals surface area contributed by atoms with Crippen LogP contribution in [0.15, 0.2) is 54.6 Å². The van der Waals surface area contributed by atoms with Gasteiger partial charge in [0.1, 0.15) is 6.61 Å². The maximum absolute atomic E-state index is 13.6. The molecule has 0 aliphatic carbocycles. The smallest absolute Gasteiger partial charge is 0.330 e. The number of para-hydroxylation sites is 1. The zero-order chi connectivity index (χ0) is 24.8. The lowest BCUT2D eigenvalue weighted by molar-refractivity contribution is -0.385. The second-order valence-electron chi connectivity index (χ2n) is 8.30. The average Bonchev–Trinajstić information content (AvgIpc) is 3.24. The molecule has 2 aliphatic heterocycles. The van der Waals surface area contributed by atoms with Crippen LogP contribution in [0.1, 0.15) is 18.5 Å². The summed E-state index contributed by atoms with van der Waals surface area (Å²) in [5.74, 6) is -6.35. The Labute approximate surface area is 193 Å². The number of non-ortho nitro benzene ring substituents is 1. The maximum atomic E-state index is 13.6. The topological polar surface area (TPSA) is 147 Å². The number of anilines is 1. The largest absolute Gasteiger partial charge is 0.479 e. The Morgan fingerprint density at radius 3 is 2.38 bits per heavy atom. The average molecular weight is 467 g/mol. The number of carboxylic acids is 1. The summed E-state index contributed by atoms with van der Waals surface area (Å²) in [6.07, 6.45) is 0. The number of nitro benzene ring substituents is 1. The highest BCUT2D eigenvalue weighted by Gasteiger charge is 2.71. The Balaban J connectivity index is 1.95. The van der Waals surface area contributed by atoms with Gasteiger partial charge in [-0.15, -0.1) is 0 Å². The molecule has 0 bridgehead atoms. The van der Waals surface area contributed by atoms with Gasteiger partial charge < -0.3 is 14.7 Å². The van der Waals surface area contributed by atoms with E-state index in [9.17, 15) is 34.4 Å². The van der Waals surface area contributed by atoms with Crippen LogP contribution >= 0.6 is 0 Å². The molecule has 0 saturated carbocycles. The molecule has 1 N–H and O–H groups in total. The van der Waals surface area contributed by atoms with Crippen molar-refractivity contribution in [2.75, 3.05) is 18.6 Å². The lowest BCUT2D eigenvalue weighted by Crippen LogP contribution is -2.58. The molecule has 4 atom stereocenters. The Hall–Kier alpha value is -4.12. The van der Waals surface area contributed by atoms with Crippen LogP contribution in [-0.4, -0.2) is 57.9 Å². The number of carbonyl (C=O) groups is 4. The van der Waals surface area contributed by atoms with Crippen molar-refractivity contribution in [3.8, 4) is 0 Å². The van der Waals surface area contributed by atoms with Crippen molar-refractivity contribution in [2.45, 2.75) is 18.5 Å². The zero-order valence-corrected chi connectivity index (χ0v) is 18.3. The summed E-state index contributed by atoms with van der Waals surface area (Å²) in [7, 11) is 1.25. The van der Waals surface area contributed by atoms with Gasteiger partial charge in [-0.1, -0.05) is 30.3 Å². The molecule has 4 rings (SSSR count). The molecule has 2 aromatic rings. The standard InChI is InChI=1S/C23H21N3O8/c1-23(22(30)31)18-17(20(28)24(21(18)29)14-8-4-3-5-9-14)19(25(23)16(27)12-34-2)13-7-6-10-15(11-13)26(32)33/h3-11,17-19H,12H2,1-2H3,(H,30,31). The Morgan fingerprint density at radius 1 is 1.12 bits per heavy atom. The van der Waals surface area contributed by atoms with Crippen molar-refractivity contribution < 1.29 is 33.9 Å². The van der Waals surface area contributed by atoms with E-state index in [1.54, 1.807) is 30.3 Å².